The van der Waals surface area contributed by atoms with Gasteiger partial charge in [0.15, 0.2) is 0 Å². The Labute approximate surface area is 150 Å². The summed E-state index contributed by atoms with van der Waals surface area (Å²) in [5, 5.41) is 3.19. The van der Waals surface area contributed by atoms with Crippen LogP contribution in [0.25, 0.3) is 0 Å². The zero-order valence-electron chi connectivity index (χ0n) is 15.2. The molecule has 2 aliphatic rings. The van der Waals surface area contributed by atoms with Gasteiger partial charge in [-0.1, -0.05) is 30.3 Å². The molecule has 0 radical (unpaired) electrons. The predicted octanol–water partition coefficient (Wildman–Crippen LogP) is 2.84. The number of rotatable bonds is 5. The molecular weight excluding hydrogens is 316 g/mol. The number of benzene rings is 1. The number of hydrogen-bond donors (Lipinski definition) is 1. The third kappa shape index (κ3) is 5.44. The summed E-state index contributed by atoms with van der Waals surface area (Å²) in [6, 6.07) is 10.7. The molecule has 2 atom stereocenters. The fraction of sp³-hybridized carbons (Fsp3) is 0.650. The molecule has 2 amide bonds. The molecule has 0 aliphatic carbocycles. The molecule has 1 aromatic carbocycles. The second-order valence-corrected chi connectivity index (χ2v) is 7.15. The molecule has 5 nitrogen and oxygen atoms in total. The average Bonchev–Trinajstić information content (AvgIpc) is 2.68. The van der Waals surface area contributed by atoms with Gasteiger partial charge >= 0.3 is 6.03 Å². The number of morpholine rings is 1. The highest BCUT2D eigenvalue weighted by atomic mass is 16.5. The Morgan fingerprint density at radius 3 is 2.76 bits per heavy atom. The van der Waals surface area contributed by atoms with E-state index in [1.54, 1.807) is 0 Å². The van der Waals surface area contributed by atoms with E-state index >= 15 is 0 Å². The number of carbonyl (C=O) groups is 1. The van der Waals surface area contributed by atoms with Crippen LogP contribution in [-0.4, -0.2) is 56.0 Å². The van der Waals surface area contributed by atoms with Crippen molar-refractivity contribution in [2.45, 2.75) is 44.8 Å². The lowest BCUT2D eigenvalue weighted by molar-refractivity contribution is -0.0185. The number of ether oxygens (including phenoxy) is 2. The molecule has 5 heteroatoms. The van der Waals surface area contributed by atoms with Gasteiger partial charge in [-0.15, -0.1) is 0 Å². The third-order valence-corrected chi connectivity index (χ3v) is 5.35. The Morgan fingerprint density at radius 2 is 2.00 bits per heavy atom. The first-order valence-corrected chi connectivity index (χ1v) is 9.51. The van der Waals surface area contributed by atoms with E-state index in [0.717, 1.165) is 38.9 Å². The number of aryl methyl sites for hydroxylation is 1. The first-order chi connectivity index (χ1) is 12.2. The highest BCUT2D eigenvalue weighted by molar-refractivity contribution is 5.74. The van der Waals surface area contributed by atoms with Crippen molar-refractivity contribution in [1.29, 1.82) is 0 Å². The second-order valence-electron chi connectivity index (χ2n) is 7.15. The molecule has 0 saturated carbocycles. The van der Waals surface area contributed by atoms with Gasteiger partial charge in [-0.05, 0) is 44.1 Å². The third-order valence-electron chi connectivity index (χ3n) is 5.35. The monoisotopic (exact) mass is 346 g/mol. The molecule has 2 aliphatic heterocycles. The van der Waals surface area contributed by atoms with Crippen LogP contribution < -0.4 is 5.32 Å². The fourth-order valence-electron chi connectivity index (χ4n) is 3.67. The Balaban J connectivity index is 1.44. The van der Waals surface area contributed by atoms with E-state index < -0.39 is 0 Å². The Bertz CT molecular complexity index is 531. The van der Waals surface area contributed by atoms with Crippen molar-refractivity contribution >= 4 is 6.03 Å². The van der Waals surface area contributed by atoms with Crippen LogP contribution in [0.4, 0.5) is 4.79 Å². The minimum absolute atomic E-state index is 0.0482. The molecule has 0 unspecified atom stereocenters. The molecule has 25 heavy (non-hydrogen) atoms. The molecular formula is C20H30N2O3. The second kappa shape index (κ2) is 9.20. The van der Waals surface area contributed by atoms with Crippen molar-refractivity contribution in [3.63, 3.8) is 0 Å². The summed E-state index contributed by atoms with van der Waals surface area (Å²) >= 11 is 0. The zero-order valence-corrected chi connectivity index (χ0v) is 15.2. The lowest BCUT2D eigenvalue weighted by Crippen LogP contribution is -2.52. The van der Waals surface area contributed by atoms with Crippen molar-refractivity contribution in [2.75, 3.05) is 32.9 Å². The summed E-state index contributed by atoms with van der Waals surface area (Å²) in [4.78, 5) is 14.5. The number of carbonyl (C=O) groups excluding carboxylic acids is 1. The highest BCUT2D eigenvalue weighted by Crippen LogP contribution is 2.19. The summed E-state index contributed by atoms with van der Waals surface area (Å²) in [5.41, 5.74) is 1.32. The van der Waals surface area contributed by atoms with Crippen molar-refractivity contribution in [3.05, 3.63) is 35.9 Å². The van der Waals surface area contributed by atoms with Crippen LogP contribution >= 0.6 is 0 Å². The summed E-state index contributed by atoms with van der Waals surface area (Å²) in [6.45, 7) is 5.71. The van der Waals surface area contributed by atoms with Gasteiger partial charge < -0.3 is 19.7 Å². The van der Waals surface area contributed by atoms with E-state index in [-0.39, 0.29) is 18.2 Å². The molecule has 0 spiro atoms. The van der Waals surface area contributed by atoms with E-state index in [0.29, 0.717) is 25.6 Å². The quantitative estimate of drug-likeness (QED) is 0.892. The molecule has 2 heterocycles. The Hall–Kier alpha value is -1.59. The van der Waals surface area contributed by atoms with Gasteiger partial charge in [0.25, 0.3) is 0 Å². The minimum atomic E-state index is 0.0482. The van der Waals surface area contributed by atoms with E-state index in [1.807, 2.05) is 11.0 Å². The summed E-state index contributed by atoms with van der Waals surface area (Å²) in [5.74, 6) is 0.521. The van der Waals surface area contributed by atoms with Gasteiger partial charge in [0, 0.05) is 32.3 Å². The molecule has 1 N–H and O–H groups in total. The van der Waals surface area contributed by atoms with Gasteiger partial charge in [0.05, 0.1) is 12.7 Å². The molecule has 138 valence electrons. The molecule has 0 bridgehead atoms. The largest absolute Gasteiger partial charge is 0.381 e. The predicted molar refractivity (Wildman–Crippen MR) is 97.6 cm³/mol. The highest BCUT2D eigenvalue weighted by Gasteiger charge is 2.27. The van der Waals surface area contributed by atoms with E-state index in [4.69, 9.17) is 9.47 Å². The van der Waals surface area contributed by atoms with Crippen molar-refractivity contribution in [2.24, 2.45) is 5.92 Å². The zero-order chi connectivity index (χ0) is 17.5. The van der Waals surface area contributed by atoms with Gasteiger partial charge in [0.2, 0.25) is 0 Å². The first-order valence-electron chi connectivity index (χ1n) is 9.51. The molecule has 1 aromatic rings. The van der Waals surface area contributed by atoms with Crippen LogP contribution in [0, 0.1) is 5.92 Å². The first kappa shape index (κ1) is 18.2. The minimum Gasteiger partial charge on any atom is -0.381 e. The number of urea groups is 1. The van der Waals surface area contributed by atoms with Crippen LogP contribution in [0.1, 0.15) is 31.7 Å². The van der Waals surface area contributed by atoms with Gasteiger partial charge in [0.1, 0.15) is 0 Å². The van der Waals surface area contributed by atoms with Gasteiger partial charge in [-0.3, -0.25) is 0 Å². The SMILES string of the molecule is C[C@@H](NC(=O)N1CCO[C@@H](CCc2ccccc2)C1)C1CCOCC1. The van der Waals surface area contributed by atoms with Crippen LogP contribution in [-0.2, 0) is 15.9 Å². The maximum atomic E-state index is 12.6. The van der Waals surface area contributed by atoms with E-state index in [1.165, 1.54) is 5.56 Å². The Kier molecular flexibility index (Phi) is 6.70. The normalized spacial score (nSPS) is 23.2. The van der Waals surface area contributed by atoms with E-state index in [2.05, 4.69) is 36.5 Å². The number of nitrogens with one attached hydrogen (secondary N) is 1. The molecule has 2 saturated heterocycles. The smallest absolute Gasteiger partial charge is 0.317 e. The fourth-order valence-corrected chi connectivity index (χ4v) is 3.67. The summed E-state index contributed by atoms with van der Waals surface area (Å²) in [7, 11) is 0. The molecule has 2 fully saturated rings. The van der Waals surface area contributed by atoms with Crippen molar-refractivity contribution < 1.29 is 14.3 Å². The summed E-state index contributed by atoms with van der Waals surface area (Å²) < 4.78 is 11.3. The number of nitrogens with zero attached hydrogens (tertiary/aromatic N) is 1. The standard InChI is InChI=1S/C20H30N2O3/c1-16(18-9-12-24-13-10-18)21-20(23)22-11-14-25-19(15-22)8-7-17-5-3-2-4-6-17/h2-6,16,18-19H,7-15H2,1H3,(H,21,23)/t16-,19+/m1/s1. The van der Waals surface area contributed by atoms with Crippen LogP contribution in [0.3, 0.4) is 0 Å². The lowest BCUT2D eigenvalue weighted by Gasteiger charge is -2.35. The topological polar surface area (TPSA) is 50.8 Å². The van der Waals surface area contributed by atoms with Crippen LogP contribution in [0.15, 0.2) is 30.3 Å². The van der Waals surface area contributed by atoms with Crippen molar-refractivity contribution in [3.8, 4) is 0 Å². The number of amides is 2. The number of hydrogen-bond acceptors (Lipinski definition) is 3. The lowest BCUT2D eigenvalue weighted by atomic mass is 9.93. The van der Waals surface area contributed by atoms with Crippen LogP contribution in [0.5, 0.6) is 0 Å². The molecule has 3 rings (SSSR count). The summed E-state index contributed by atoms with van der Waals surface area (Å²) in [6.07, 6.45) is 4.12. The average molecular weight is 346 g/mol. The molecule has 0 aromatic heterocycles. The van der Waals surface area contributed by atoms with Crippen LogP contribution in [0.2, 0.25) is 0 Å². The Morgan fingerprint density at radius 1 is 1.24 bits per heavy atom. The maximum Gasteiger partial charge on any atom is 0.317 e. The van der Waals surface area contributed by atoms with Gasteiger partial charge in [-0.2, -0.15) is 0 Å². The van der Waals surface area contributed by atoms with Crippen molar-refractivity contribution in [1.82, 2.24) is 10.2 Å². The van der Waals surface area contributed by atoms with E-state index in [9.17, 15) is 4.79 Å². The maximum absolute atomic E-state index is 12.6. The van der Waals surface area contributed by atoms with Gasteiger partial charge in [-0.25, -0.2) is 4.79 Å².